The van der Waals surface area contributed by atoms with Gasteiger partial charge >= 0.3 is 5.97 Å². The molecular weight excluding hydrogens is 362 g/mol. The number of nitrogens with zero attached hydrogens (tertiary/aromatic N) is 1. The number of rotatable bonds is 5. The van der Waals surface area contributed by atoms with Crippen molar-refractivity contribution in [2.45, 2.75) is 25.6 Å². The zero-order valence-electron chi connectivity index (χ0n) is 15.0. The van der Waals surface area contributed by atoms with Gasteiger partial charge in [-0.25, -0.2) is 0 Å². The van der Waals surface area contributed by atoms with Crippen LogP contribution in [0.1, 0.15) is 18.9 Å². The third-order valence-electron chi connectivity index (χ3n) is 4.02. The van der Waals surface area contributed by atoms with Crippen molar-refractivity contribution in [2.24, 2.45) is 0 Å². The SMILES string of the molecule is C[C@H](OC(=O)C[C@H]1Oc2ccccc2NC1=O)C(=O)Nc1ccc(C#N)cc1. The Balaban J connectivity index is 1.53. The summed E-state index contributed by atoms with van der Waals surface area (Å²) in [5, 5.41) is 14.0. The molecule has 28 heavy (non-hydrogen) atoms. The lowest BCUT2D eigenvalue weighted by Gasteiger charge is -2.25. The quantitative estimate of drug-likeness (QED) is 0.769. The van der Waals surface area contributed by atoms with Crippen LogP contribution in [0, 0.1) is 11.3 Å². The van der Waals surface area contributed by atoms with Crippen LogP contribution in [0.25, 0.3) is 0 Å². The fourth-order valence-corrected chi connectivity index (χ4v) is 2.55. The number of nitriles is 1. The van der Waals surface area contributed by atoms with Gasteiger partial charge < -0.3 is 20.1 Å². The van der Waals surface area contributed by atoms with Crippen LogP contribution in [0.5, 0.6) is 5.75 Å². The molecule has 2 N–H and O–H groups in total. The van der Waals surface area contributed by atoms with Crippen molar-refractivity contribution in [2.75, 3.05) is 10.6 Å². The number of amides is 2. The number of carbonyl (C=O) groups is 3. The highest BCUT2D eigenvalue weighted by Gasteiger charge is 2.31. The summed E-state index contributed by atoms with van der Waals surface area (Å²) in [6.07, 6.45) is -2.42. The van der Waals surface area contributed by atoms with Crippen molar-refractivity contribution in [1.82, 2.24) is 0 Å². The zero-order chi connectivity index (χ0) is 20.1. The second-order valence-corrected chi connectivity index (χ2v) is 6.11. The Hall–Kier alpha value is -3.86. The summed E-state index contributed by atoms with van der Waals surface area (Å²) in [5.74, 6) is -1.25. The largest absolute Gasteiger partial charge is 0.478 e. The van der Waals surface area contributed by atoms with Gasteiger partial charge in [-0.15, -0.1) is 0 Å². The highest BCUT2D eigenvalue weighted by atomic mass is 16.6. The smallest absolute Gasteiger partial charge is 0.310 e. The number of ether oxygens (including phenoxy) is 2. The number of benzene rings is 2. The average Bonchev–Trinajstić information content (AvgIpc) is 2.69. The van der Waals surface area contributed by atoms with Crippen molar-refractivity contribution < 1.29 is 23.9 Å². The summed E-state index contributed by atoms with van der Waals surface area (Å²) in [7, 11) is 0. The lowest BCUT2D eigenvalue weighted by Crippen LogP contribution is -2.40. The molecule has 2 aromatic carbocycles. The van der Waals surface area contributed by atoms with E-state index in [0.29, 0.717) is 22.7 Å². The first-order valence-corrected chi connectivity index (χ1v) is 8.53. The summed E-state index contributed by atoms with van der Waals surface area (Å²) < 4.78 is 10.6. The van der Waals surface area contributed by atoms with E-state index >= 15 is 0 Å². The molecule has 0 radical (unpaired) electrons. The maximum atomic E-state index is 12.2. The Kier molecular flexibility index (Phi) is 5.56. The average molecular weight is 379 g/mol. The van der Waals surface area contributed by atoms with Crippen molar-refractivity contribution in [1.29, 1.82) is 5.26 Å². The highest BCUT2D eigenvalue weighted by Crippen LogP contribution is 2.29. The van der Waals surface area contributed by atoms with E-state index in [-0.39, 0.29) is 6.42 Å². The van der Waals surface area contributed by atoms with E-state index in [1.165, 1.54) is 6.92 Å². The van der Waals surface area contributed by atoms with Crippen molar-refractivity contribution >= 4 is 29.2 Å². The fourth-order valence-electron chi connectivity index (χ4n) is 2.55. The van der Waals surface area contributed by atoms with E-state index in [2.05, 4.69) is 10.6 Å². The Labute approximate surface area is 161 Å². The van der Waals surface area contributed by atoms with Gasteiger partial charge in [-0.05, 0) is 43.3 Å². The molecule has 0 spiro atoms. The summed E-state index contributed by atoms with van der Waals surface area (Å²) in [5.41, 5.74) is 1.47. The zero-order valence-corrected chi connectivity index (χ0v) is 15.0. The van der Waals surface area contributed by atoms with E-state index in [1.54, 1.807) is 48.5 Å². The van der Waals surface area contributed by atoms with Crippen LogP contribution in [0.3, 0.4) is 0 Å². The molecule has 0 fully saturated rings. The first-order chi connectivity index (χ1) is 13.5. The molecule has 8 heteroatoms. The number of hydrogen-bond donors (Lipinski definition) is 2. The maximum Gasteiger partial charge on any atom is 0.310 e. The molecule has 2 aromatic rings. The minimum Gasteiger partial charge on any atom is -0.478 e. The lowest BCUT2D eigenvalue weighted by molar-refractivity contribution is -0.155. The van der Waals surface area contributed by atoms with Gasteiger partial charge in [0, 0.05) is 5.69 Å². The second kappa shape index (κ2) is 8.22. The van der Waals surface area contributed by atoms with Gasteiger partial charge in [0.2, 0.25) is 0 Å². The molecule has 2 atom stereocenters. The molecule has 0 unspecified atom stereocenters. The van der Waals surface area contributed by atoms with Crippen LogP contribution < -0.4 is 15.4 Å². The third-order valence-corrected chi connectivity index (χ3v) is 4.02. The molecule has 0 bridgehead atoms. The number of carbonyl (C=O) groups excluding carboxylic acids is 3. The molecule has 3 rings (SSSR count). The Morgan fingerprint density at radius 2 is 1.96 bits per heavy atom. The second-order valence-electron chi connectivity index (χ2n) is 6.11. The van der Waals surface area contributed by atoms with E-state index in [9.17, 15) is 14.4 Å². The molecule has 1 heterocycles. The van der Waals surface area contributed by atoms with Gasteiger partial charge in [-0.1, -0.05) is 12.1 Å². The van der Waals surface area contributed by atoms with Gasteiger partial charge in [0.15, 0.2) is 12.2 Å². The maximum absolute atomic E-state index is 12.2. The standard InChI is InChI=1S/C20H17N3O5/c1-12(19(25)22-14-8-6-13(11-21)7-9-14)27-18(24)10-17-20(26)23-15-4-2-3-5-16(15)28-17/h2-9,12,17H,10H2,1H3,(H,22,25)(H,23,26)/t12-,17+/m0/s1. The predicted octanol–water partition coefficient (Wildman–Crippen LogP) is 2.22. The summed E-state index contributed by atoms with van der Waals surface area (Å²) in [6, 6.07) is 15.1. The minimum atomic E-state index is -1.07. The predicted molar refractivity (Wildman–Crippen MR) is 99.4 cm³/mol. The van der Waals surface area contributed by atoms with Gasteiger partial charge in [0.1, 0.15) is 5.75 Å². The molecular formula is C20H17N3O5. The summed E-state index contributed by atoms with van der Waals surface area (Å²) >= 11 is 0. The van der Waals surface area contributed by atoms with Gasteiger partial charge in [0.25, 0.3) is 11.8 Å². The van der Waals surface area contributed by atoms with Crippen LogP contribution in [-0.4, -0.2) is 30.0 Å². The van der Waals surface area contributed by atoms with Crippen molar-refractivity contribution in [3.05, 3.63) is 54.1 Å². The first-order valence-electron chi connectivity index (χ1n) is 8.53. The fraction of sp³-hybridized carbons (Fsp3) is 0.200. The van der Waals surface area contributed by atoms with E-state index in [0.717, 1.165) is 0 Å². The first kappa shape index (κ1) is 18.9. The van der Waals surface area contributed by atoms with E-state index < -0.39 is 30.0 Å². The number of fused-ring (bicyclic) bond motifs is 1. The summed E-state index contributed by atoms with van der Waals surface area (Å²) in [4.78, 5) is 36.3. The Morgan fingerprint density at radius 3 is 2.68 bits per heavy atom. The van der Waals surface area contributed by atoms with Crippen LogP contribution in [0.2, 0.25) is 0 Å². The van der Waals surface area contributed by atoms with Crippen LogP contribution in [0.4, 0.5) is 11.4 Å². The molecule has 0 aliphatic carbocycles. The molecule has 0 aromatic heterocycles. The number of hydrogen-bond acceptors (Lipinski definition) is 6. The van der Waals surface area contributed by atoms with Gasteiger partial charge in [-0.3, -0.25) is 14.4 Å². The molecule has 1 aliphatic heterocycles. The minimum absolute atomic E-state index is 0.325. The van der Waals surface area contributed by atoms with E-state index in [1.807, 2.05) is 6.07 Å². The topological polar surface area (TPSA) is 118 Å². The molecule has 142 valence electrons. The third kappa shape index (κ3) is 4.45. The number of nitrogens with one attached hydrogen (secondary N) is 2. The van der Waals surface area contributed by atoms with Crippen molar-refractivity contribution in [3.63, 3.8) is 0 Å². The van der Waals surface area contributed by atoms with Crippen LogP contribution >= 0.6 is 0 Å². The highest BCUT2D eigenvalue weighted by molar-refractivity contribution is 6.00. The summed E-state index contributed by atoms with van der Waals surface area (Å²) in [6.45, 7) is 1.42. The molecule has 0 saturated carbocycles. The van der Waals surface area contributed by atoms with Crippen LogP contribution in [-0.2, 0) is 19.1 Å². The number of anilines is 2. The number of esters is 1. The molecule has 8 nitrogen and oxygen atoms in total. The van der Waals surface area contributed by atoms with Gasteiger partial charge in [-0.2, -0.15) is 5.26 Å². The molecule has 2 amide bonds. The molecule has 0 saturated heterocycles. The van der Waals surface area contributed by atoms with Crippen molar-refractivity contribution in [3.8, 4) is 11.8 Å². The van der Waals surface area contributed by atoms with Crippen LogP contribution in [0.15, 0.2) is 48.5 Å². The Morgan fingerprint density at radius 1 is 1.25 bits per heavy atom. The normalized spacial score (nSPS) is 15.9. The lowest BCUT2D eigenvalue weighted by atomic mass is 10.1. The van der Waals surface area contributed by atoms with E-state index in [4.69, 9.17) is 14.7 Å². The number of para-hydroxylation sites is 2. The Bertz CT molecular complexity index is 949. The monoisotopic (exact) mass is 379 g/mol. The van der Waals surface area contributed by atoms with Gasteiger partial charge in [0.05, 0.1) is 23.7 Å². The molecule has 1 aliphatic rings.